The van der Waals surface area contributed by atoms with Gasteiger partial charge in [-0.25, -0.2) is 9.59 Å². The van der Waals surface area contributed by atoms with Gasteiger partial charge in [0.25, 0.3) is 10.1 Å². The minimum atomic E-state index is -4.83. The van der Waals surface area contributed by atoms with Crippen LogP contribution >= 0.6 is 23.2 Å². The number of carbonyl (C=O) groups excluding carboxylic acids is 1. The minimum Gasteiger partial charge on any atom is -0.507 e. The second-order valence-electron chi connectivity index (χ2n) is 7.55. The number of carboxylic acids is 2. The molecular weight excluding hydrogens is 546 g/mol. The average Bonchev–Trinajstić information content (AvgIpc) is 2.73. The van der Waals surface area contributed by atoms with Crippen LogP contribution < -0.4 is 0 Å². The molecule has 0 fully saturated rings. The molecule has 2 aromatic rings. The fourth-order valence-corrected chi connectivity index (χ4v) is 5.00. The number of rotatable bonds is 5. The van der Waals surface area contributed by atoms with Crippen LogP contribution in [-0.4, -0.2) is 75.6 Å². The first-order chi connectivity index (χ1) is 16.1. The van der Waals surface area contributed by atoms with Crippen LogP contribution in [0.15, 0.2) is 58.0 Å². The van der Waals surface area contributed by atoms with Crippen molar-refractivity contribution in [1.29, 1.82) is 0 Å². The summed E-state index contributed by atoms with van der Waals surface area (Å²) in [6.07, 6.45) is 2.32. The maximum absolute atomic E-state index is 12.4. The summed E-state index contributed by atoms with van der Waals surface area (Å²) >= 11 is 12.7. The van der Waals surface area contributed by atoms with Gasteiger partial charge in [-0.1, -0.05) is 23.2 Å². The Bertz CT molecular complexity index is 1540. The predicted molar refractivity (Wildman–Crippen MR) is 132 cm³/mol. The van der Waals surface area contributed by atoms with Gasteiger partial charge in [0, 0.05) is 35.1 Å². The molecule has 1 aliphatic carbocycles. The van der Waals surface area contributed by atoms with E-state index in [0.717, 1.165) is 24.3 Å². The van der Waals surface area contributed by atoms with Crippen molar-refractivity contribution in [1.82, 2.24) is 0 Å². The summed E-state index contributed by atoms with van der Waals surface area (Å²) in [7, 11) is -4.83. The summed E-state index contributed by atoms with van der Waals surface area (Å²) in [5, 5.41) is 28.6. The summed E-state index contributed by atoms with van der Waals surface area (Å²) in [5.74, 6) is -4.30. The first-order valence-electron chi connectivity index (χ1n) is 9.60. The van der Waals surface area contributed by atoms with Crippen molar-refractivity contribution in [2.24, 2.45) is 0 Å². The number of carboxylic acid groups (broad SMARTS) is 2. The molecule has 0 amide bonds. The number of carbonyl (C=O) groups is 3. The molecule has 36 heavy (non-hydrogen) atoms. The third kappa shape index (κ3) is 5.60. The summed E-state index contributed by atoms with van der Waals surface area (Å²) in [6.45, 7) is 2.77. The minimum absolute atomic E-state index is 0. The van der Waals surface area contributed by atoms with Crippen molar-refractivity contribution in [3.8, 4) is 5.75 Å². The largest absolute Gasteiger partial charge is 0.507 e. The number of benzene rings is 2. The monoisotopic (exact) mass is 561 g/mol. The Kier molecular flexibility index (Phi) is 9.01. The van der Waals surface area contributed by atoms with E-state index in [4.69, 9.17) is 23.2 Å². The molecule has 0 saturated heterocycles. The Morgan fingerprint density at radius 2 is 1.58 bits per heavy atom. The quantitative estimate of drug-likeness (QED) is 0.240. The van der Waals surface area contributed by atoms with Crippen molar-refractivity contribution in [3.63, 3.8) is 0 Å². The zero-order valence-corrected chi connectivity index (χ0v) is 23.3. The van der Waals surface area contributed by atoms with Crippen molar-refractivity contribution >= 4 is 86.2 Å². The van der Waals surface area contributed by atoms with E-state index in [0.29, 0.717) is 0 Å². The van der Waals surface area contributed by atoms with Gasteiger partial charge in [-0.3, -0.25) is 9.35 Å². The maximum atomic E-state index is 12.4. The molecule has 0 aliphatic heterocycles. The number of allylic oxidation sites excluding steroid dienone is 4. The average molecular weight is 562 g/mol. The first kappa shape index (κ1) is 29.8. The Morgan fingerprint density at radius 1 is 0.972 bits per heavy atom. The Hall–Kier alpha value is -2.44. The molecule has 1 aliphatic rings. The van der Waals surface area contributed by atoms with Crippen LogP contribution in [0.25, 0.3) is 5.57 Å². The third-order valence-electron chi connectivity index (χ3n) is 5.20. The fourth-order valence-electron chi connectivity index (χ4n) is 3.58. The number of aromatic hydroxyl groups is 1. The van der Waals surface area contributed by atoms with Gasteiger partial charge in [0.05, 0.1) is 10.0 Å². The van der Waals surface area contributed by atoms with Crippen LogP contribution in [0, 0.1) is 6.92 Å². The molecule has 2 aromatic carbocycles. The van der Waals surface area contributed by atoms with Crippen molar-refractivity contribution in [2.75, 3.05) is 0 Å². The van der Waals surface area contributed by atoms with Crippen molar-refractivity contribution in [2.45, 2.75) is 18.7 Å². The number of phenols is 1. The Balaban J connectivity index is 0.00000456. The molecule has 0 saturated carbocycles. The molecule has 1 radical (unpaired) electrons. The van der Waals surface area contributed by atoms with E-state index in [1.807, 2.05) is 0 Å². The number of ketones is 1. The standard InChI is InChI=1S/C23H16Cl2O9S.Na/c1-9-5-11(7-13(20(9)26)22(28)29)17(12-6-10(2)21(27)14(8-12)23(30)31)18-15(24)3-4-16(19(18)25)35(32,33)34;/h3-8,26H,1-2H3,(H,28,29)(H,30,31)(H,32,33,34);/b17-12+;. The summed E-state index contributed by atoms with van der Waals surface area (Å²) in [4.78, 5) is 35.1. The van der Waals surface area contributed by atoms with E-state index in [1.54, 1.807) is 0 Å². The topological polar surface area (TPSA) is 166 Å². The van der Waals surface area contributed by atoms with E-state index < -0.39 is 54.6 Å². The number of aryl methyl sites for hydroxylation is 1. The smallest absolute Gasteiger partial charge is 0.339 e. The number of hydrogen-bond acceptors (Lipinski definition) is 6. The Morgan fingerprint density at radius 3 is 2.11 bits per heavy atom. The van der Waals surface area contributed by atoms with Gasteiger partial charge in [-0.15, -0.1) is 0 Å². The summed E-state index contributed by atoms with van der Waals surface area (Å²) in [5.41, 5.74) is -1.10. The van der Waals surface area contributed by atoms with E-state index in [9.17, 15) is 42.7 Å². The van der Waals surface area contributed by atoms with Crippen LogP contribution in [0.2, 0.25) is 10.0 Å². The normalized spacial score (nSPS) is 15.0. The molecule has 183 valence electrons. The van der Waals surface area contributed by atoms with E-state index in [2.05, 4.69) is 0 Å². The van der Waals surface area contributed by atoms with Gasteiger partial charge in [0.2, 0.25) is 0 Å². The molecule has 4 N–H and O–H groups in total. The molecule has 13 heteroatoms. The first-order valence-corrected chi connectivity index (χ1v) is 11.8. The second-order valence-corrected chi connectivity index (χ2v) is 9.73. The SMILES string of the molecule is CC1=C/C(=C(/c2cc(C)c(O)c(C(=O)O)c2)c2c(Cl)ccc(S(=O)(=O)O)c2Cl)C=C(C(=O)O)C1=O.[Na]. The van der Waals surface area contributed by atoms with Crippen LogP contribution in [0.5, 0.6) is 5.75 Å². The molecule has 9 nitrogen and oxygen atoms in total. The van der Waals surface area contributed by atoms with E-state index in [-0.39, 0.29) is 68.0 Å². The molecular formula is C23H16Cl2NaO9S. The summed E-state index contributed by atoms with van der Waals surface area (Å²) < 4.78 is 33.4. The molecule has 0 unspecified atom stereocenters. The number of hydrogen-bond donors (Lipinski definition) is 4. The molecule has 3 rings (SSSR count). The van der Waals surface area contributed by atoms with Crippen molar-refractivity contribution < 1.29 is 42.7 Å². The van der Waals surface area contributed by atoms with Gasteiger partial charge in [-0.2, -0.15) is 8.42 Å². The number of aliphatic carboxylic acids is 1. The zero-order chi connectivity index (χ0) is 26.4. The molecule has 0 aromatic heterocycles. The van der Waals surface area contributed by atoms with Crippen LogP contribution in [0.1, 0.15) is 34.0 Å². The fraction of sp³-hybridized carbons (Fsp3) is 0.0870. The van der Waals surface area contributed by atoms with Crippen molar-refractivity contribution in [3.05, 3.63) is 85.4 Å². The molecule has 0 atom stereocenters. The van der Waals surface area contributed by atoms with Gasteiger partial charge in [0.15, 0.2) is 5.78 Å². The van der Waals surface area contributed by atoms with Gasteiger partial charge < -0.3 is 15.3 Å². The van der Waals surface area contributed by atoms with E-state index >= 15 is 0 Å². The molecule has 0 bridgehead atoms. The number of halogens is 2. The summed E-state index contributed by atoms with van der Waals surface area (Å²) in [6, 6.07) is 4.50. The van der Waals surface area contributed by atoms with Crippen LogP contribution in [0.3, 0.4) is 0 Å². The zero-order valence-electron chi connectivity index (χ0n) is 19.0. The number of aromatic carboxylic acids is 1. The second kappa shape index (κ2) is 10.9. The van der Waals surface area contributed by atoms with Crippen LogP contribution in [0.4, 0.5) is 0 Å². The Labute approximate surface area is 237 Å². The van der Waals surface area contributed by atoms with Gasteiger partial charge in [-0.05, 0) is 78.1 Å². The van der Waals surface area contributed by atoms with Gasteiger partial charge >= 0.3 is 11.9 Å². The molecule has 0 heterocycles. The number of Topliss-reactive ketones (excluding diaryl/α,β-unsaturated/α-hetero) is 1. The van der Waals surface area contributed by atoms with E-state index in [1.165, 1.54) is 26.0 Å². The predicted octanol–water partition coefficient (Wildman–Crippen LogP) is 3.91. The maximum Gasteiger partial charge on any atom is 0.339 e. The van der Waals surface area contributed by atoms with Crippen LogP contribution in [-0.2, 0) is 19.7 Å². The third-order valence-corrected chi connectivity index (χ3v) is 6.91. The van der Waals surface area contributed by atoms with Gasteiger partial charge in [0.1, 0.15) is 21.8 Å². The molecule has 0 spiro atoms.